The number of nitrogens with one attached hydrogen (secondary N) is 1. The van der Waals surface area contributed by atoms with E-state index in [-0.39, 0.29) is 23.4 Å². The smallest absolute Gasteiger partial charge is 0.264 e. The second-order valence-corrected chi connectivity index (χ2v) is 11.3. The van der Waals surface area contributed by atoms with E-state index >= 15 is 0 Å². The zero-order valence-electron chi connectivity index (χ0n) is 23.2. The summed E-state index contributed by atoms with van der Waals surface area (Å²) in [7, 11) is -4.18. The number of ether oxygens (including phenoxy) is 1. The summed E-state index contributed by atoms with van der Waals surface area (Å²) in [6.07, 6.45) is 0.701. The molecule has 0 fully saturated rings. The van der Waals surface area contributed by atoms with E-state index < -0.39 is 34.3 Å². The van der Waals surface area contributed by atoms with Crippen molar-refractivity contribution in [2.45, 2.75) is 57.6 Å². The molecule has 214 valence electrons. The molecule has 2 amide bonds. The first-order valence-corrected chi connectivity index (χ1v) is 14.7. The normalized spacial score (nSPS) is 12.7. The number of rotatable bonds is 13. The second kappa shape index (κ2) is 13.9. The molecule has 8 nitrogen and oxygen atoms in total. The molecule has 0 aromatic heterocycles. The lowest BCUT2D eigenvalue weighted by Crippen LogP contribution is -2.52. The number of hydrogen-bond acceptors (Lipinski definition) is 5. The van der Waals surface area contributed by atoms with Gasteiger partial charge in [-0.2, -0.15) is 0 Å². The van der Waals surface area contributed by atoms with Crippen molar-refractivity contribution >= 4 is 27.5 Å². The van der Waals surface area contributed by atoms with Crippen molar-refractivity contribution in [2.75, 3.05) is 17.5 Å². The third-order valence-corrected chi connectivity index (χ3v) is 8.27. The second-order valence-electron chi connectivity index (χ2n) is 9.39. The predicted octanol–water partition coefficient (Wildman–Crippen LogP) is 4.75. The Labute approximate surface area is 235 Å². The number of hydrogen-bond donors (Lipinski definition) is 1. The minimum absolute atomic E-state index is 0.0137. The fourth-order valence-corrected chi connectivity index (χ4v) is 5.37. The Morgan fingerprint density at radius 2 is 1.55 bits per heavy atom. The van der Waals surface area contributed by atoms with Gasteiger partial charge in [0, 0.05) is 12.6 Å². The van der Waals surface area contributed by atoms with Crippen LogP contribution in [0.3, 0.4) is 0 Å². The van der Waals surface area contributed by atoms with Crippen LogP contribution in [0.15, 0.2) is 83.8 Å². The summed E-state index contributed by atoms with van der Waals surface area (Å²) in [6.45, 7) is 7.07. The van der Waals surface area contributed by atoms with Crippen LogP contribution in [0.5, 0.6) is 5.75 Å². The summed E-state index contributed by atoms with van der Waals surface area (Å²) < 4.78 is 47.7. The highest BCUT2D eigenvalue weighted by atomic mass is 32.2. The highest BCUT2D eigenvalue weighted by molar-refractivity contribution is 7.92. The SMILES string of the molecule is CCOc1ccc(S(=O)(=O)N(CC(=O)N(Cc2ccc(F)cc2)[C@@H](C)C(=O)N[C@H](C)CC)c2ccccc2)cc1. The zero-order valence-corrected chi connectivity index (χ0v) is 24.0. The van der Waals surface area contributed by atoms with Gasteiger partial charge in [0.2, 0.25) is 11.8 Å². The van der Waals surface area contributed by atoms with Crippen molar-refractivity contribution in [2.24, 2.45) is 0 Å². The molecule has 40 heavy (non-hydrogen) atoms. The summed E-state index contributed by atoms with van der Waals surface area (Å²) in [4.78, 5) is 28.2. The van der Waals surface area contributed by atoms with Crippen molar-refractivity contribution in [3.63, 3.8) is 0 Å². The van der Waals surface area contributed by atoms with E-state index in [0.717, 1.165) is 4.31 Å². The lowest BCUT2D eigenvalue weighted by molar-refractivity contribution is -0.139. The first-order chi connectivity index (χ1) is 19.1. The third kappa shape index (κ3) is 7.81. The van der Waals surface area contributed by atoms with Crippen molar-refractivity contribution in [3.8, 4) is 5.75 Å². The maximum Gasteiger partial charge on any atom is 0.264 e. The summed E-state index contributed by atoms with van der Waals surface area (Å²) >= 11 is 0. The van der Waals surface area contributed by atoms with Crippen LogP contribution >= 0.6 is 0 Å². The number of carbonyl (C=O) groups excluding carboxylic acids is 2. The van der Waals surface area contributed by atoms with E-state index in [1.807, 2.05) is 20.8 Å². The Morgan fingerprint density at radius 1 is 0.925 bits per heavy atom. The van der Waals surface area contributed by atoms with Gasteiger partial charge in [-0.1, -0.05) is 37.3 Å². The molecule has 3 aromatic rings. The van der Waals surface area contributed by atoms with Crippen molar-refractivity contribution in [1.82, 2.24) is 10.2 Å². The van der Waals surface area contributed by atoms with E-state index in [1.165, 1.54) is 41.3 Å². The van der Waals surface area contributed by atoms with Crippen LogP contribution < -0.4 is 14.4 Å². The van der Waals surface area contributed by atoms with Crippen molar-refractivity contribution in [3.05, 3.63) is 90.2 Å². The molecule has 3 rings (SSSR count). The lowest BCUT2D eigenvalue weighted by Gasteiger charge is -2.32. The number of amides is 2. The Morgan fingerprint density at radius 3 is 2.12 bits per heavy atom. The Kier molecular flexibility index (Phi) is 10.7. The molecule has 0 aliphatic rings. The van der Waals surface area contributed by atoms with Crippen LogP contribution in [0.25, 0.3) is 0 Å². The quantitative estimate of drug-likeness (QED) is 0.321. The van der Waals surface area contributed by atoms with Gasteiger partial charge < -0.3 is 15.0 Å². The highest BCUT2D eigenvalue weighted by Crippen LogP contribution is 2.26. The Balaban J connectivity index is 1.98. The first-order valence-electron chi connectivity index (χ1n) is 13.2. The minimum atomic E-state index is -4.18. The van der Waals surface area contributed by atoms with Crippen LogP contribution in [0.4, 0.5) is 10.1 Å². The maximum absolute atomic E-state index is 13.9. The summed E-state index contributed by atoms with van der Waals surface area (Å²) in [5.41, 5.74) is 0.891. The average Bonchev–Trinajstić information content (AvgIpc) is 2.95. The third-order valence-electron chi connectivity index (χ3n) is 6.48. The average molecular weight is 570 g/mol. The molecule has 0 saturated heterocycles. The van der Waals surface area contributed by atoms with E-state index in [2.05, 4.69) is 5.32 Å². The molecular weight excluding hydrogens is 533 g/mol. The van der Waals surface area contributed by atoms with E-state index in [9.17, 15) is 22.4 Å². The fourth-order valence-electron chi connectivity index (χ4n) is 3.96. The van der Waals surface area contributed by atoms with Gasteiger partial charge >= 0.3 is 0 Å². The monoisotopic (exact) mass is 569 g/mol. The lowest BCUT2D eigenvalue weighted by atomic mass is 10.1. The van der Waals surface area contributed by atoms with Gasteiger partial charge in [0.05, 0.1) is 17.2 Å². The molecule has 0 bridgehead atoms. The number of nitrogens with zero attached hydrogens (tertiary/aromatic N) is 2. The van der Waals surface area contributed by atoms with Gasteiger partial charge in [0.25, 0.3) is 10.0 Å². The molecule has 0 saturated carbocycles. The molecule has 0 radical (unpaired) electrons. The molecule has 0 aliphatic heterocycles. The number of benzene rings is 3. The Bertz CT molecular complexity index is 1370. The van der Waals surface area contributed by atoms with Crippen LogP contribution in [-0.2, 0) is 26.2 Å². The molecule has 10 heteroatoms. The number of carbonyl (C=O) groups is 2. The standard InChI is InChI=1S/C30H36FN3O5S/c1-5-22(3)32-30(36)23(4)33(20-24-12-14-25(31)15-13-24)29(35)21-34(26-10-8-7-9-11-26)40(37,38)28-18-16-27(17-19-28)39-6-2/h7-19,22-23H,5-6,20-21H2,1-4H3,(H,32,36)/t22-,23+/m1/s1. The number of sulfonamides is 1. The van der Waals surface area contributed by atoms with Crippen LogP contribution in [-0.4, -0.2) is 50.4 Å². The molecule has 0 spiro atoms. The van der Waals surface area contributed by atoms with E-state index in [0.29, 0.717) is 30.0 Å². The van der Waals surface area contributed by atoms with E-state index in [4.69, 9.17) is 4.74 Å². The fraction of sp³-hybridized carbons (Fsp3) is 0.333. The molecule has 0 aliphatic carbocycles. The molecule has 0 heterocycles. The molecule has 1 N–H and O–H groups in total. The van der Waals surface area contributed by atoms with Gasteiger partial charge in [-0.25, -0.2) is 12.8 Å². The minimum Gasteiger partial charge on any atom is -0.494 e. The van der Waals surface area contributed by atoms with Crippen LogP contribution in [0, 0.1) is 5.82 Å². The first kappa shape index (κ1) is 30.6. The summed E-state index contributed by atoms with van der Waals surface area (Å²) in [6, 6.07) is 18.9. The van der Waals surface area contributed by atoms with Crippen molar-refractivity contribution < 1.29 is 27.1 Å². The maximum atomic E-state index is 13.9. The number of anilines is 1. The summed E-state index contributed by atoms with van der Waals surface area (Å²) in [5, 5.41) is 2.88. The Hall–Kier alpha value is -3.92. The number of halogens is 1. The molecule has 2 atom stereocenters. The molecule has 0 unspecified atom stereocenters. The zero-order chi connectivity index (χ0) is 29.3. The van der Waals surface area contributed by atoms with Crippen LogP contribution in [0.2, 0.25) is 0 Å². The highest BCUT2D eigenvalue weighted by Gasteiger charge is 2.32. The summed E-state index contributed by atoms with van der Waals surface area (Å²) in [5.74, 6) is -0.865. The predicted molar refractivity (Wildman–Crippen MR) is 153 cm³/mol. The van der Waals surface area contributed by atoms with Crippen LogP contribution in [0.1, 0.15) is 39.7 Å². The number of para-hydroxylation sites is 1. The molecule has 3 aromatic carbocycles. The molecular formula is C30H36FN3O5S. The van der Waals surface area contributed by atoms with Gasteiger partial charge in [-0.3, -0.25) is 13.9 Å². The van der Waals surface area contributed by atoms with E-state index in [1.54, 1.807) is 49.4 Å². The van der Waals surface area contributed by atoms with Gasteiger partial charge in [0.1, 0.15) is 24.2 Å². The van der Waals surface area contributed by atoms with Gasteiger partial charge in [-0.15, -0.1) is 0 Å². The topological polar surface area (TPSA) is 96.0 Å². The largest absolute Gasteiger partial charge is 0.494 e. The van der Waals surface area contributed by atoms with Crippen molar-refractivity contribution in [1.29, 1.82) is 0 Å². The van der Waals surface area contributed by atoms with Gasteiger partial charge in [0.15, 0.2) is 0 Å². The van der Waals surface area contributed by atoms with Gasteiger partial charge in [-0.05, 0) is 81.3 Å².